The van der Waals surface area contributed by atoms with Gasteiger partial charge in [0.1, 0.15) is 29.0 Å². The normalized spacial score (nSPS) is 28.8. The first-order chi connectivity index (χ1) is 20.2. The molecule has 5 rings (SSSR count). The number of carbonyl (C=O) groups is 4. The lowest BCUT2D eigenvalue weighted by atomic mass is 9.72. The second kappa shape index (κ2) is 11.0. The summed E-state index contributed by atoms with van der Waals surface area (Å²) >= 11 is 0. The van der Waals surface area contributed by atoms with Crippen molar-refractivity contribution in [1.82, 2.24) is 5.32 Å². The molecule has 230 valence electrons. The van der Waals surface area contributed by atoms with Crippen molar-refractivity contribution in [3.63, 3.8) is 0 Å². The minimum absolute atomic E-state index is 0.0417. The zero-order valence-corrected chi connectivity index (χ0v) is 24.0. The van der Waals surface area contributed by atoms with Crippen LogP contribution in [-0.4, -0.2) is 87.0 Å². The monoisotopic (exact) mass is 598 g/mol. The second-order valence-electron chi connectivity index (χ2n) is 11.4. The van der Waals surface area contributed by atoms with E-state index in [1.54, 1.807) is 6.92 Å². The fraction of sp³-hybridized carbons (Fsp3) is 0.467. The number of aliphatic hydroxyl groups is 2. The maximum absolute atomic E-state index is 13.8. The lowest BCUT2D eigenvalue weighted by Gasteiger charge is -2.43. The van der Waals surface area contributed by atoms with Gasteiger partial charge >= 0.3 is 0 Å². The van der Waals surface area contributed by atoms with Gasteiger partial charge in [-0.05, 0) is 26.8 Å². The summed E-state index contributed by atoms with van der Waals surface area (Å²) in [6.07, 6.45) is -5.35. The van der Waals surface area contributed by atoms with Crippen molar-refractivity contribution in [2.45, 2.75) is 82.3 Å². The minimum Gasteiger partial charge on any atom is -0.507 e. The molecule has 7 atom stereocenters. The van der Waals surface area contributed by atoms with Gasteiger partial charge in [0.2, 0.25) is 11.7 Å². The number of ketones is 3. The molecule has 1 fully saturated rings. The van der Waals surface area contributed by atoms with E-state index in [2.05, 4.69) is 5.32 Å². The van der Waals surface area contributed by atoms with Gasteiger partial charge in [0, 0.05) is 36.0 Å². The number of ether oxygens (including phenoxy) is 3. The number of nitrogens with two attached hydrogens (primary N) is 1. The van der Waals surface area contributed by atoms with Crippen molar-refractivity contribution in [3.8, 4) is 17.2 Å². The molecule has 13 nitrogen and oxygen atoms in total. The third-order valence-electron chi connectivity index (χ3n) is 8.49. The molecule has 43 heavy (non-hydrogen) atoms. The number of phenolic OH excluding ortho intramolecular Hbond substituents is 2. The van der Waals surface area contributed by atoms with Crippen molar-refractivity contribution in [2.75, 3.05) is 7.11 Å². The zero-order chi connectivity index (χ0) is 31.5. The average Bonchev–Trinajstić information content (AvgIpc) is 2.95. The topological polar surface area (TPSA) is 215 Å². The van der Waals surface area contributed by atoms with E-state index in [1.165, 1.54) is 32.2 Å². The van der Waals surface area contributed by atoms with E-state index in [0.717, 1.165) is 6.92 Å². The van der Waals surface area contributed by atoms with Crippen LogP contribution in [0.15, 0.2) is 18.2 Å². The smallest absolute Gasteiger partial charge is 0.236 e. The molecule has 7 unspecified atom stereocenters. The van der Waals surface area contributed by atoms with E-state index in [-0.39, 0.29) is 34.4 Å². The molecule has 7 N–H and O–H groups in total. The first-order valence-corrected chi connectivity index (χ1v) is 13.9. The predicted molar refractivity (Wildman–Crippen MR) is 148 cm³/mol. The van der Waals surface area contributed by atoms with Crippen molar-refractivity contribution >= 4 is 23.3 Å². The number of aliphatic hydroxyl groups excluding tert-OH is 1. The summed E-state index contributed by atoms with van der Waals surface area (Å²) in [6, 6.07) is 2.70. The van der Waals surface area contributed by atoms with Crippen LogP contribution in [0.3, 0.4) is 0 Å². The van der Waals surface area contributed by atoms with Crippen LogP contribution in [0, 0.1) is 0 Å². The quantitative estimate of drug-likeness (QED) is 0.214. The van der Waals surface area contributed by atoms with Crippen LogP contribution in [0.4, 0.5) is 0 Å². The molecule has 0 radical (unpaired) electrons. The number of phenols is 2. The lowest BCUT2D eigenvalue weighted by Crippen LogP contribution is -2.57. The van der Waals surface area contributed by atoms with Gasteiger partial charge in [-0.25, -0.2) is 0 Å². The van der Waals surface area contributed by atoms with Gasteiger partial charge in [0.15, 0.2) is 17.9 Å². The highest BCUT2D eigenvalue weighted by atomic mass is 16.7. The number of carbonyl (C=O) groups excluding carboxylic acids is 4. The lowest BCUT2D eigenvalue weighted by molar-refractivity contribution is -0.249. The van der Waals surface area contributed by atoms with E-state index in [9.17, 15) is 39.6 Å². The molecule has 2 aromatic rings. The van der Waals surface area contributed by atoms with Crippen molar-refractivity contribution in [3.05, 3.63) is 51.6 Å². The second-order valence-corrected chi connectivity index (χ2v) is 11.4. The van der Waals surface area contributed by atoms with Crippen LogP contribution in [0.1, 0.15) is 82.7 Å². The number of aromatic hydroxyl groups is 2. The number of nitrogens with one attached hydrogen (secondary N) is 1. The van der Waals surface area contributed by atoms with E-state index >= 15 is 0 Å². The van der Waals surface area contributed by atoms with E-state index in [0.29, 0.717) is 0 Å². The van der Waals surface area contributed by atoms with Gasteiger partial charge in [-0.3, -0.25) is 19.2 Å². The summed E-state index contributed by atoms with van der Waals surface area (Å²) in [5, 5.41) is 47.6. The first-order valence-electron chi connectivity index (χ1n) is 13.9. The Morgan fingerprint density at radius 2 is 1.81 bits per heavy atom. The molecule has 0 bridgehead atoms. The predicted octanol–water partition coefficient (Wildman–Crippen LogP) is 0.534. The zero-order valence-electron chi connectivity index (χ0n) is 24.0. The summed E-state index contributed by atoms with van der Waals surface area (Å²) in [6.45, 7) is 4.19. The maximum Gasteiger partial charge on any atom is 0.236 e. The number of methoxy groups -OCH3 is 1. The van der Waals surface area contributed by atoms with Crippen molar-refractivity contribution < 1.29 is 53.8 Å². The van der Waals surface area contributed by atoms with Gasteiger partial charge in [0.25, 0.3) is 0 Å². The number of rotatable bonds is 6. The largest absolute Gasteiger partial charge is 0.507 e. The Morgan fingerprint density at radius 3 is 2.44 bits per heavy atom. The summed E-state index contributed by atoms with van der Waals surface area (Å²) in [5.74, 6) is -3.92. The number of amides is 1. The first kappa shape index (κ1) is 30.6. The van der Waals surface area contributed by atoms with Gasteiger partial charge in [-0.2, -0.15) is 0 Å². The molecule has 2 aliphatic carbocycles. The molecule has 2 aromatic carbocycles. The summed E-state index contributed by atoms with van der Waals surface area (Å²) in [5.41, 5.74) is 2.31. The van der Waals surface area contributed by atoms with Gasteiger partial charge < -0.3 is 45.7 Å². The van der Waals surface area contributed by atoms with Gasteiger partial charge in [-0.1, -0.05) is 12.1 Å². The van der Waals surface area contributed by atoms with E-state index in [4.69, 9.17) is 19.9 Å². The molecule has 0 saturated carbocycles. The van der Waals surface area contributed by atoms with Crippen LogP contribution in [0.2, 0.25) is 0 Å². The highest BCUT2D eigenvalue weighted by molar-refractivity contribution is 6.31. The molecule has 0 spiro atoms. The summed E-state index contributed by atoms with van der Waals surface area (Å²) in [7, 11) is 1.32. The molecule has 1 heterocycles. The van der Waals surface area contributed by atoms with Crippen molar-refractivity contribution in [2.24, 2.45) is 5.73 Å². The van der Waals surface area contributed by atoms with Crippen molar-refractivity contribution in [1.29, 1.82) is 0 Å². The van der Waals surface area contributed by atoms with Crippen LogP contribution >= 0.6 is 0 Å². The average molecular weight is 599 g/mol. The molecule has 0 aromatic heterocycles. The number of benzene rings is 2. The molecule has 3 aliphatic rings. The number of hydrogen-bond donors (Lipinski definition) is 6. The van der Waals surface area contributed by atoms with Crippen LogP contribution in [-0.2, 0) is 25.5 Å². The Hall–Kier alpha value is -3.88. The van der Waals surface area contributed by atoms with E-state index < -0.39 is 101 Å². The molecular weight excluding hydrogens is 564 g/mol. The van der Waals surface area contributed by atoms with Crippen LogP contribution in [0.5, 0.6) is 17.2 Å². The number of hydrogen-bond acceptors (Lipinski definition) is 12. The maximum atomic E-state index is 13.8. The highest BCUT2D eigenvalue weighted by Crippen LogP contribution is 2.52. The Morgan fingerprint density at radius 1 is 1.14 bits per heavy atom. The Bertz CT molecular complexity index is 1540. The fourth-order valence-corrected chi connectivity index (χ4v) is 6.08. The van der Waals surface area contributed by atoms with Crippen LogP contribution < -0.4 is 15.8 Å². The molecular formula is C30H34N2O11. The van der Waals surface area contributed by atoms with Gasteiger partial charge in [0.05, 0.1) is 48.1 Å². The van der Waals surface area contributed by atoms with E-state index in [1.807, 2.05) is 0 Å². The summed E-state index contributed by atoms with van der Waals surface area (Å²) < 4.78 is 17.3. The SMILES string of the molecule is COc1cccc2c1C(=O)c1c(O)c3c(c(O)c1C2=O)CC(O)(C(C)=O)CC3OC1CC(NC(=O)C(C)N)C(O)C(C)O1. The summed E-state index contributed by atoms with van der Waals surface area (Å²) in [4.78, 5) is 52.2. The minimum atomic E-state index is -2.07. The molecule has 1 saturated heterocycles. The standard InChI is InChI=1S/C30H34N2O11/c1-11(31)29(39)32-16-8-19(42-12(2)24(16)34)43-18-10-30(40,13(3)33)9-15-21(18)28(38)23-22(26(15)36)25(35)14-6-5-7-17(41-4)20(14)27(23)37/h5-7,11-12,16,18-19,24,34,36,38,40H,8-10,31H2,1-4H3,(H,32,39). The molecule has 1 amide bonds. The molecule has 1 aliphatic heterocycles. The number of fused-ring (bicyclic) bond motifs is 3. The third-order valence-corrected chi connectivity index (χ3v) is 8.49. The highest BCUT2D eigenvalue weighted by Gasteiger charge is 2.49. The fourth-order valence-electron chi connectivity index (χ4n) is 6.08. The third kappa shape index (κ3) is 4.96. The Balaban J connectivity index is 1.61. The van der Waals surface area contributed by atoms with Crippen LogP contribution in [0.25, 0.3) is 0 Å². The van der Waals surface area contributed by atoms with Gasteiger partial charge in [-0.15, -0.1) is 0 Å². The molecule has 13 heteroatoms. The number of Topliss-reactive ketones (excluding diaryl/α,β-unsaturated/α-hetero) is 1. The Kier molecular flexibility index (Phi) is 7.82. The Labute approximate surface area is 246 Å².